The molecule has 118 valence electrons. The van der Waals surface area contributed by atoms with Crippen LogP contribution < -0.4 is 10.2 Å². The van der Waals surface area contributed by atoms with E-state index in [0.717, 1.165) is 4.90 Å². The van der Waals surface area contributed by atoms with Crippen molar-refractivity contribution >= 4 is 35.2 Å². The number of carboxylic acids is 1. The summed E-state index contributed by atoms with van der Waals surface area (Å²) in [5.74, 6) is -1.55. The second-order valence-corrected chi connectivity index (χ2v) is 5.39. The Hall–Kier alpha value is -2.28. The highest BCUT2D eigenvalue weighted by Crippen LogP contribution is 2.28. The molecular formula is C14H16ClN3O4. The molecule has 1 aromatic rings. The number of hydrogen-bond donors (Lipinski definition) is 2. The van der Waals surface area contributed by atoms with Gasteiger partial charge in [-0.2, -0.15) is 0 Å². The van der Waals surface area contributed by atoms with Crippen LogP contribution in [0.1, 0.15) is 17.3 Å². The molecule has 1 aliphatic rings. The lowest BCUT2D eigenvalue weighted by Crippen LogP contribution is -2.40. The van der Waals surface area contributed by atoms with Crippen LogP contribution >= 0.6 is 11.6 Å². The van der Waals surface area contributed by atoms with Gasteiger partial charge in [-0.1, -0.05) is 11.6 Å². The Morgan fingerprint density at radius 2 is 2.14 bits per heavy atom. The molecular weight excluding hydrogens is 310 g/mol. The zero-order valence-corrected chi connectivity index (χ0v) is 12.9. The summed E-state index contributed by atoms with van der Waals surface area (Å²) >= 11 is 6.10. The molecule has 1 aromatic carbocycles. The topological polar surface area (TPSA) is 89.9 Å². The fourth-order valence-electron chi connectivity index (χ4n) is 2.10. The number of likely N-dealkylation sites (N-methyl/N-ethyl adjacent to an activating group) is 1. The van der Waals surface area contributed by atoms with E-state index in [2.05, 4.69) is 5.32 Å². The number of aliphatic carboxylic acids is 1. The van der Waals surface area contributed by atoms with Crippen molar-refractivity contribution in [2.45, 2.75) is 13.0 Å². The molecule has 1 heterocycles. The number of rotatable bonds is 4. The zero-order valence-electron chi connectivity index (χ0n) is 12.2. The quantitative estimate of drug-likeness (QED) is 0.876. The number of nitrogens with zero attached hydrogens (tertiary/aromatic N) is 2. The van der Waals surface area contributed by atoms with Gasteiger partial charge in [0.1, 0.15) is 6.04 Å². The third-order valence-electron chi connectivity index (χ3n) is 3.60. The third-order valence-corrected chi connectivity index (χ3v) is 3.92. The van der Waals surface area contributed by atoms with Crippen molar-refractivity contribution < 1.29 is 19.5 Å². The van der Waals surface area contributed by atoms with E-state index in [0.29, 0.717) is 23.8 Å². The minimum Gasteiger partial charge on any atom is -0.480 e. The minimum absolute atomic E-state index is 0.273. The van der Waals surface area contributed by atoms with Crippen LogP contribution in [-0.4, -0.2) is 54.1 Å². The molecule has 1 aliphatic heterocycles. The second-order valence-electron chi connectivity index (χ2n) is 4.98. The first-order valence-electron chi connectivity index (χ1n) is 6.68. The number of nitrogens with one attached hydrogen (secondary N) is 1. The van der Waals surface area contributed by atoms with Gasteiger partial charge in [-0.15, -0.1) is 0 Å². The number of carbonyl (C=O) groups is 3. The van der Waals surface area contributed by atoms with E-state index in [1.807, 2.05) is 0 Å². The summed E-state index contributed by atoms with van der Waals surface area (Å²) in [6.07, 6.45) is 0. The summed E-state index contributed by atoms with van der Waals surface area (Å²) in [5.41, 5.74) is 0.702. The van der Waals surface area contributed by atoms with Gasteiger partial charge >= 0.3 is 12.0 Å². The molecule has 2 rings (SSSR count). The van der Waals surface area contributed by atoms with Crippen molar-refractivity contribution in [3.8, 4) is 0 Å². The number of halogens is 1. The molecule has 0 spiro atoms. The molecule has 22 heavy (non-hydrogen) atoms. The summed E-state index contributed by atoms with van der Waals surface area (Å²) in [5, 5.41) is 12.0. The molecule has 7 nitrogen and oxygen atoms in total. The average Bonchev–Trinajstić information content (AvgIpc) is 2.91. The van der Waals surface area contributed by atoms with E-state index in [-0.39, 0.29) is 11.6 Å². The Bertz CT molecular complexity index is 635. The van der Waals surface area contributed by atoms with E-state index < -0.39 is 17.9 Å². The lowest BCUT2D eigenvalue weighted by Gasteiger charge is -2.23. The molecule has 3 amide bonds. The van der Waals surface area contributed by atoms with Gasteiger partial charge in [0.15, 0.2) is 0 Å². The Morgan fingerprint density at radius 1 is 1.45 bits per heavy atom. The van der Waals surface area contributed by atoms with Crippen molar-refractivity contribution in [2.75, 3.05) is 25.0 Å². The molecule has 1 saturated heterocycles. The number of carbonyl (C=O) groups excluding carboxylic acids is 2. The third kappa shape index (κ3) is 2.99. The van der Waals surface area contributed by atoms with Crippen molar-refractivity contribution in [1.82, 2.24) is 10.2 Å². The van der Waals surface area contributed by atoms with Crippen LogP contribution in [0, 0.1) is 0 Å². The smallest absolute Gasteiger partial charge is 0.326 e. The largest absolute Gasteiger partial charge is 0.480 e. The first-order chi connectivity index (χ1) is 10.3. The molecule has 8 heteroatoms. The van der Waals surface area contributed by atoms with Gasteiger partial charge in [-0.3, -0.25) is 9.69 Å². The van der Waals surface area contributed by atoms with E-state index in [1.54, 1.807) is 0 Å². The van der Waals surface area contributed by atoms with E-state index >= 15 is 0 Å². The van der Waals surface area contributed by atoms with Crippen LogP contribution in [-0.2, 0) is 4.79 Å². The SMILES string of the molecule is CC(C(=O)O)N(C)C(=O)c1ccc(Cl)c(N2CCNC2=O)c1. The predicted octanol–water partition coefficient (Wildman–Crippen LogP) is 1.41. The molecule has 0 aliphatic carbocycles. The maximum atomic E-state index is 12.4. The maximum absolute atomic E-state index is 12.4. The summed E-state index contributed by atoms with van der Waals surface area (Å²) < 4.78 is 0. The van der Waals surface area contributed by atoms with Crippen LogP contribution in [0.5, 0.6) is 0 Å². The second kappa shape index (κ2) is 6.23. The molecule has 0 radical (unpaired) electrons. The predicted molar refractivity (Wildman–Crippen MR) is 81.4 cm³/mol. The molecule has 0 aromatic heterocycles. The highest BCUT2D eigenvalue weighted by atomic mass is 35.5. The van der Waals surface area contributed by atoms with Crippen LogP contribution in [0.15, 0.2) is 18.2 Å². The Balaban J connectivity index is 2.31. The summed E-state index contributed by atoms with van der Waals surface area (Å²) in [7, 11) is 1.41. The molecule has 1 fully saturated rings. The first-order valence-corrected chi connectivity index (χ1v) is 7.05. The van der Waals surface area contributed by atoms with Gasteiger partial charge < -0.3 is 15.3 Å². The number of carboxylic acid groups (broad SMARTS) is 1. The Labute approximate surface area is 132 Å². The molecule has 1 unspecified atom stereocenters. The summed E-state index contributed by atoms with van der Waals surface area (Å²) in [6.45, 7) is 2.38. The molecule has 0 bridgehead atoms. The van der Waals surface area contributed by atoms with E-state index in [4.69, 9.17) is 16.7 Å². The number of benzene rings is 1. The maximum Gasteiger partial charge on any atom is 0.326 e. The van der Waals surface area contributed by atoms with Gasteiger partial charge in [-0.05, 0) is 25.1 Å². The summed E-state index contributed by atoms with van der Waals surface area (Å²) in [6, 6.07) is 3.29. The highest BCUT2D eigenvalue weighted by molar-refractivity contribution is 6.34. The lowest BCUT2D eigenvalue weighted by molar-refractivity contribution is -0.141. The number of hydrogen-bond acceptors (Lipinski definition) is 3. The lowest BCUT2D eigenvalue weighted by atomic mass is 10.1. The van der Waals surface area contributed by atoms with Gasteiger partial charge in [0.05, 0.1) is 10.7 Å². The fraction of sp³-hybridized carbons (Fsp3) is 0.357. The van der Waals surface area contributed by atoms with Crippen molar-refractivity contribution in [2.24, 2.45) is 0 Å². The number of urea groups is 1. The van der Waals surface area contributed by atoms with Crippen LogP contribution in [0.25, 0.3) is 0 Å². The Morgan fingerprint density at radius 3 is 2.68 bits per heavy atom. The average molecular weight is 326 g/mol. The Kier molecular flexibility index (Phi) is 4.56. The van der Waals surface area contributed by atoms with Crippen molar-refractivity contribution in [1.29, 1.82) is 0 Å². The van der Waals surface area contributed by atoms with Crippen LogP contribution in [0.4, 0.5) is 10.5 Å². The van der Waals surface area contributed by atoms with Crippen LogP contribution in [0.2, 0.25) is 5.02 Å². The van der Waals surface area contributed by atoms with Crippen molar-refractivity contribution in [3.63, 3.8) is 0 Å². The van der Waals surface area contributed by atoms with Crippen LogP contribution in [0.3, 0.4) is 0 Å². The van der Waals surface area contributed by atoms with Gasteiger partial charge in [0, 0.05) is 25.7 Å². The summed E-state index contributed by atoms with van der Waals surface area (Å²) in [4.78, 5) is 37.6. The monoisotopic (exact) mass is 325 g/mol. The van der Waals surface area contributed by atoms with Gasteiger partial charge in [0.25, 0.3) is 5.91 Å². The molecule has 1 atom stereocenters. The molecule has 0 saturated carbocycles. The van der Waals surface area contributed by atoms with Crippen molar-refractivity contribution in [3.05, 3.63) is 28.8 Å². The molecule has 2 N–H and O–H groups in total. The highest BCUT2D eigenvalue weighted by Gasteiger charge is 2.26. The van der Waals surface area contributed by atoms with E-state index in [1.165, 1.54) is 37.1 Å². The zero-order chi connectivity index (χ0) is 16.4. The first kappa shape index (κ1) is 16.1. The normalized spacial score (nSPS) is 15.4. The minimum atomic E-state index is -1.09. The number of amides is 3. The number of anilines is 1. The van der Waals surface area contributed by atoms with Gasteiger partial charge in [0.2, 0.25) is 0 Å². The standard InChI is InChI=1S/C14H16ClN3O4/c1-8(13(20)21)17(2)12(19)9-3-4-10(15)11(7-9)18-6-5-16-14(18)22/h3-4,7-8H,5-6H2,1-2H3,(H,16,22)(H,20,21). The fourth-order valence-corrected chi connectivity index (χ4v) is 2.32. The van der Waals surface area contributed by atoms with E-state index in [9.17, 15) is 14.4 Å². The van der Waals surface area contributed by atoms with Gasteiger partial charge in [-0.25, -0.2) is 9.59 Å².